The largest absolute Gasteiger partial charge is 0.494 e. The van der Waals surface area contributed by atoms with Crippen LogP contribution in [-0.4, -0.2) is 45.2 Å². The van der Waals surface area contributed by atoms with Gasteiger partial charge in [-0.05, 0) is 86.1 Å². The van der Waals surface area contributed by atoms with Gasteiger partial charge in [0.1, 0.15) is 5.75 Å². The van der Waals surface area contributed by atoms with E-state index in [0.29, 0.717) is 12.8 Å². The Hall–Kier alpha value is -3.55. The van der Waals surface area contributed by atoms with Crippen LogP contribution in [0.5, 0.6) is 5.75 Å². The van der Waals surface area contributed by atoms with Gasteiger partial charge in [0.25, 0.3) is 0 Å². The van der Waals surface area contributed by atoms with E-state index in [-0.39, 0.29) is 17.2 Å². The Balaban J connectivity index is 1.51. The smallest absolute Gasteiger partial charge is 0.335 e. The molecule has 6 nitrogen and oxygen atoms in total. The highest BCUT2D eigenvalue weighted by molar-refractivity contribution is 8.00. The number of carbonyl (C=O) groups is 2. The summed E-state index contributed by atoms with van der Waals surface area (Å²) in [6.45, 7) is 0.721. The molecule has 206 valence electrons. The Kier molecular flexibility index (Phi) is 12.6. The second-order valence-electron chi connectivity index (χ2n) is 9.34. The molecule has 0 bridgehead atoms. The van der Waals surface area contributed by atoms with E-state index in [4.69, 9.17) is 14.9 Å². The highest BCUT2D eigenvalue weighted by Gasteiger charge is 2.18. The molecule has 39 heavy (non-hydrogen) atoms. The van der Waals surface area contributed by atoms with Gasteiger partial charge in [0.15, 0.2) is 0 Å². The Morgan fingerprint density at radius 2 is 1.56 bits per heavy atom. The van der Waals surface area contributed by atoms with Crippen molar-refractivity contribution in [3.05, 3.63) is 102 Å². The molecule has 0 aromatic heterocycles. The van der Waals surface area contributed by atoms with Crippen LogP contribution in [0.4, 0.5) is 0 Å². The number of thioether (sulfide) groups is 1. The lowest BCUT2D eigenvalue weighted by Gasteiger charge is -2.19. The zero-order valence-electron chi connectivity index (χ0n) is 21.9. The van der Waals surface area contributed by atoms with Crippen molar-refractivity contribution in [3.63, 3.8) is 0 Å². The molecular formula is C32H36O6S. The lowest BCUT2D eigenvalue weighted by atomic mass is 10.0. The quantitative estimate of drug-likeness (QED) is 0.124. The number of carboxylic acids is 2. The van der Waals surface area contributed by atoms with Gasteiger partial charge in [-0.25, -0.2) is 4.79 Å². The average Bonchev–Trinajstić information content (AvgIpc) is 2.94. The van der Waals surface area contributed by atoms with E-state index in [0.717, 1.165) is 48.5 Å². The van der Waals surface area contributed by atoms with Gasteiger partial charge in [0.2, 0.25) is 0 Å². The summed E-state index contributed by atoms with van der Waals surface area (Å²) in [5.41, 5.74) is 2.49. The molecule has 3 N–H and O–H groups in total. The van der Waals surface area contributed by atoms with Crippen molar-refractivity contribution in [1.82, 2.24) is 0 Å². The summed E-state index contributed by atoms with van der Waals surface area (Å²) in [6, 6.07) is 24.7. The van der Waals surface area contributed by atoms with Gasteiger partial charge in [-0.15, -0.1) is 11.8 Å². The first-order valence-corrected chi connectivity index (χ1v) is 14.1. The lowest BCUT2D eigenvalue weighted by molar-refractivity contribution is -0.137. The van der Waals surface area contributed by atoms with Crippen molar-refractivity contribution >= 4 is 29.8 Å². The fourth-order valence-electron chi connectivity index (χ4n) is 4.02. The second-order valence-corrected chi connectivity index (χ2v) is 10.6. The molecule has 2 atom stereocenters. The van der Waals surface area contributed by atoms with Crippen molar-refractivity contribution in [3.8, 4) is 5.75 Å². The monoisotopic (exact) mass is 548 g/mol. The fraction of sp³-hybridized carbons (Fsp3) is 0.312. The first-order chi connectivity index (χ1) is 18.9. The van der Waals surface area contributed by atoms with Gasteiger partial charge in [-0.2, -0.15) is 0 Å². The Labute approximate surface area is 234 Å². The number of para-hydroxylation sites is 1. The molecule has 2 unspecified atom stereocenters. The van der Waals surface area contributed by atoms with E-state index in [1.807, 2.05) is 42.5 Å². The Morgan fingerprint density at radius 3 is 2.23 bits per heavy atom. The van der Waals surface area contributed by atoms with E-state index in [9.17, 15) is 14.7 Å². The van der Waals surface area contributed by atoms with E-state index < -0.39 is 18.0 Å². The molecular weight excluding hydrogens is 512 g/mol. The van der Waals surface area contributed by atoms with Crippen LogP contribution in [0.15, 0.2) is 89.8 Å². The number of benzene rings is 3. The minimum Gasteiger partial charge on any atom is -0.494 e. The molecule has 0 saturated heterocycles. The summed E-state index contributed by atoms with van der Waals surface area (Å²) in [7, 11) is 0. The van der Waals surface area contributed by atoms with Crippen LogP contribution in [0.25, 0.3) is 6.08 Å². The van der Waals surface area contributed by atoms with E-state index >= 15 is 0 Å². The van der Waals surface area contributed by atoms with Crippen LogP contribution in [0, 0.1) is 0 Å². The molecule has 0 aliphatic heterocycles. The van der Waals surface area contributed by atoms with Crippen LogP contribution in [-0.2, 0) is 11.2 Å². The molecule has 3 aromatic rings. The zero-order valence-corrected chi connectivity index (χ0v) is 22.8. The van der Waals surface area contributed by atoms with Crippen molar-refractivity contribution in [1.29, 1.82) is 0 Å². The SMILES string of the molecule is O=C(O)CCCC(O)C(/C=C\c1ccc(CCCCCOc2ccccc2)cc1)Sc1ccc(C(=O)O)cc1. The van der Waals surface area contributed by atoms with Crippen LogP contribution < -0.4 is 4.74 Å². The second kappa shape index (κ2) is 16.4. The van der Waals surface area contributed by atoms with Crippen LogP contribution in [0.1, 0.15) is 60.0 Å². The highest BCUT2D eigenvalue weighted by atomic mass is 32.2. The predicted molar refractivity (Wildman–Crippen MR) is 156 cm³/mol. The predicted octanol–water partition coefficient (Wildman–Crippen LogP) is 6.97. The number of aromatic carboxylic acids is 1. The summed E-state index contributed by atoms with van der Waals surface area (Å²) >= 11 is 1.43. The maximum Gasteiger partial charge on any atom is 0.335 e. The van der Waals surface area contributed by atoms with Crippen molar-refractivity contribution < 1.29 is 29.6 Å². The number of carboxylic acid groups (broad SMARTS) is 2. The molecule has 0 saturated carbocycles. The number of rotatable bonds is 17. The number of hydrogen-bond acceptors (Lipinski definition) is 5. The maximum atomic E-state index is 11.1. The van der Waals surface area contributed by atoms with Gasteiger partial charge in [0, 0.05) is 11.3 Å². The Bertz CT molecular complexity index is 1180. The van der Waals surface area contributed by atoms with E-state index in [1.165, 1.54) is 29.5 Å². The zero-order chi connectivity index (χ0) is 27.9. The van der Waals surface area contributed by atoms with Crippen LogP contribution in [0.3, 0.4) is 0 Å². The van der Waals surface area contributed by atoms with Crippen LogP contribution in [0.2, 0.25) is 0 Å². The van der Waals surface area contributed by atoms with Gasteiger partial charge in [0.05, 0.1) is 23.5 Å². The summed E-state index contributed by atoms with van der Waals surface area (Å²) < 4.78 is 5.74. The summed E-state index contributed by atoms with van der Waals surface area (Å²) in [5, 5.41) is 28.5. The third-order valence-electron chi connectivity index (χ3n) is 6.22. The lowest BCUT2D eigenvalue weighted by Crippen LogP contribution is -2.21. The molecule has 0 radical (unpaired) electrons. The fourth-order valence-corrected chi connectivity index (χ4v) is 5.08. The van der Waals surface area contributed by atoms with Gasteiger partial charge in [-0.3, -0.25) is 4.79 Å². The number of aliphatic hydroxyl groups excluding tert-OH is 1. The highest BCUT2D eigenvalue weighted by Crippen LogP contribution is 2.29. The van der Waals surface area contributed by atoms with E-state index in [1.54, 1.807) is 12.1 Å². The van der Waals surface area contributed by atoms with Crippen molar-refractivity contribution in [2.24, 2.45) is 0 Å². The first-order valence-electron chi connectivity index (χ1n) is 13.3. The molecule has 0 spiro atoms. The normalized spacial score (nSPS) is 12.7. The standard InChI is InChI=1S/C32H36O6S/c33-29(11-7-12-31(34)35)30(39-28-20-18-26(19-21-28)32(36)37)22-17-25-15-13-24(14-16-25)8-3-2-6-23-38-27-9-4-1-5-10-27/h1,4-5,9-10,13-22,29-30,33H,2-3,6-8,11-12,23H2,(H,34,35)(H,36,37)/b22-17-. The molecule has 0 heterocycles. The van der Waals surface area contributed by atoms with Crippen molar-refractivity contribution in [2.75, 3.05) is 6.61 Å². The number of ether oxygens (including phenoxy) is 1. The maximum absolute atomic E-state index is 11.1. The average molecular weight is 549 g/mol. The topological polar surface area (TPSA) is 104 Å². The third-order valence-corrected chi connectivity index (χ3v) is 7.51. The van der Waals surface area contributed by atoms with Gasteiger partial charge in [-0.1, -0.05) is 54.6 Å². The molecule has 3 aromatic carbocycles. The van der Waals surface area contributed by atoms with Gasteiger partial charge >= 0.3 is 11.9 Å². The molecule has 3 rings (SSSR count). The van der Waals surface area contributed by atoms with Crippen molar-refractivity contribution in [2.45, 2.75) is 61.2 Å². The number of aryl methyl sites for hydroxylation is 1. The van der Waals surface area contributed by atoms with E-state index in [2.05, 4.69) is 24.3 Å². The third kappa shape index (κ3) is 11.4. The minimum atomic E-state index is -0.989. The molecule has 0 fully saturated rings. The minimum absolute atomic E-state index is 0.00693. The van der Waals surface area contributed by atoms with Crippen LogP contribution >= 0.6 is 11.8 Å². The number of unbranched alkanes of at least 4 members (excludes halogenated alkanes) is 2. The molecule has 0 amide bonds. The Morgan fingerprint density at radius 1 is 0.846 bits per heavy atom. The van der Waals surface area contributed by atoms with Gasteiger partial charge < -0.3 is 20.1 Å². The first kappa shape index (κ1) is 30.0. The molecule has 0 aliphatic carbocycles. The summed E-state index contributed by atoms with van der Waals surface area (Å²) in [5.74, 6) is -0.963. The number of aliphatic carboxylic acids is 1. The number of hydrogen-bond donors (Lipinski definition) is 3. The molecule has 0 aliphatic rings. The summed E-state index contributed by atoms with van der Waals surface area (Å²) in [6.07, 6.45) is 8.11. The molecule has 7 heteroatoms. The number of aliphatic hydroxyl groups is 1. The summed E-state index contributed by atoms with van der Waals surface area (Å²) in [4.78, 5) is 22.8.